The van der Waals surface area contributed by atoms with Crippen molar-refractivity contribution in [2.75, 3.05) is 0 Å². The Morgan fingerprint density at radius 2 is 1.92 bits per heavy atom. The summed E-state index contributed by atoms with van der Waals surface area (Å²) in [6, 6.07) is 0. The third kappa shape index (κ3) is 5.71. The van der Waals surface area contributed by atoms with Crippen LogP contribution in [-0.2, 0) is 4.79 Å². The highest BCUT2D eigenvalue weighted by molar-refractivity contribution is 5.85. The number of carboxylic acids is 1. The number of hydrogen-bond acceptors (Lipinski definition) is 1. The van der Waals surface area contributed by atoms with E-state index in [2.05, 4.69) is 12.2 Å². The highest BCUT2D eigenvalue weighted by atomic mass is 16.4. The summed E-state index contributed by atoms with van der Waals surface area (Å²) in [6.07, 6.45) is 10.1. The van der Waals surface area contributed by atoms with Gasteiger partial charge in [-0.2, -0.15) is 0 Å². The molecule has 68 valence electrons. The molecule has 0 spiro atoms. The van der Waals surface area contributed by atoms with Crippen LogP contribution >= 0.6 is 0 Å². The summed E-state index contributed by atoms with van der Waals surface area (Å²) in [5.74, 6) is -0.845. The molecule has 0 aromatic heterocycles. The molecule has 0 fully saturated rings. The number of aliphatic carboxylic acids is 1. The predicted octanol–water partition coefficient (Wildman–Crippen LogP) is 2.76. The van der Waals surface area contributed by atoms with Crippen LogP contribution in [0.2, 0.25) is 0 Å². The maximum atomic E-state index is 9.86. The van der Waals surface area contributed by atoms with E-state index >= 15 is 0 Å². The smallest absolute Gasteiger partial charge is 0.330 e. The summed E-state index contributed by atoms with van der Waals surface area (Å²) >= 11 is 0. The number of hydrogen-bond donors (Lipinski definition) is 1. The molecule has 0 bridgehead atoms. The minimum absolute atomic E-state index is 0.389. The number of carboxylic acid groups (broad SMARTS) is 1. The van der Waals surface area contributed by atoms with Crippen LogP contribution in [0.1, 0.15) is 33.1 Å². The van der Waals surface area contributed by atoms with E-state index in [4.69, 9.17) is 5.11 Å². The summed E-state index contributed by atoms with van der Waals surface area (Å²) in [5, 5.41) is 8.11. The summed E-state index contributed by atoms with van der Waals surface area (Å²) in [5.41, 5.74) is 0.389. The zero-order valence-electron chi connectivity index (χ0n) is 7.71. The lowest BCUT2D eigenvalue weighted by Gasteiger charge is -1.84. The van der Waals surface area contributed by atoms with Gasteiger partial charge in [-0.1, -0.05) is 18.2 Å². The highest BCUT2D eigenvalue weighted by Crippen LogP contribution is 2.05. The number of rotatable bonds is 1. The molecule has 1 aliphatic carbocycles. The van der Waals surface area contributed by atoms with E-state index in [1.165, 1.54) is 19.3 Å². The fraction of sp³-hybridized carbons (Fsp3) is 0.500. The Labute approximate surface area is 73.6 Å². The van der Waals surface area contributed by atoms with E-state index in [9.17, 15) is 4.79 Å². The highest BCUT2D eigenvalue weighted by Gasteiger charge is 1.93. The third-order valence-corrected chi connectivity index (χ3v) is 1.68. The molecule has 12 heavy (non-hydrogen) atoms. The van der Waals surface area contributed by atoms with Crippen LogP contribution < -0.4 is 0 Å². The first-order valence-electron chi connectivity index (χ1n) is 4.19. The Bertz CT molecular complexity index is 184. The summed E-state index contributed by atoms with van der Waals surface area (Å²) in [6.45, 7) is 3.26. The van der Waals surface area contributed by atoms with Gasteiger partial charge in [0.2, 0.25) is 0 Å². The SMILES string of the molecule is C1=CCCC1.CC=C(C)C(=O)O. The van der Waals surface area contributed by atoms with Crippen molar-refractivity contribution >= 4 is 5.97 Å². The first-order valence-corrected chi connectivity index (χ1v) is 4.19. The predicted molar refractivity (Wildman–Crippen MR) is 50.1 cm³/mol. The zero-order valence-corrected chi connectivity index (χ0v) is 7.71. The first-order chi connectivity index (χ1) is 5.68. The Morgan fingerprint density at radius 1 is 1.42 bits per heavy atom. The lowest BCUT2D eigenvalue weighted by molar-refractivity contribution is -0.132. The molecule has 0 aliphatic heterocycles. The molecule has 0 aromatic rings. The van der Waals surface area contributed by atoms with Gasteiger partial charge in [0.1, 0.15) is 0 Å². The molecule has 1 N–H and O–H groups in total. The van der Waals surface area contributed by atoms with Gasteiger partial charge in [0.05, 0.1) is 0 Å². The third-order valence-electron chi connectivity index (χ3n) is 1.68. The topological polar surface area (TPSA) is 37.3 Å². The zero-order chi connectivity index (χ0) is 9.40. The van der Waals surface area contributed by atoms with Crippen molar-refractivity contribution in [2.24, 2.45) is 0 Å². The molecule has 0 heterocycles. The van der Waals surface area contributed by atoms with Gasteiger partial charge >= 0.3 is 5.97 Å². The molecule has 0 atom stereocenters. The second-order valence-corrected chi connectivity index (χ2v) is 2.68. The van der Waals surface area contributed by atoms with E-state index in [0.29, 0.717) is 5.57 Å². The van der Waals surface area contributed by atoms with Crippen LogP contribution in [0.3, 0.4) is 0 Å². The van der Waals surface area contributed by atoms with Gasteiger partial charge in [0, 0.05) is 5.57 Å². The second-order valence-electron chi connectivity index (χ2n) is 2.68. The minimum atomic E-state index is -0.845. The molecule has 0 aromatic carbocycles. The second kappa shape index (κ2) is 6.65. The van der Waals surface area contributed by atoms with Gasteiger partial charge in [-0.3, -0.25) is 0 Å². The van der Waals surface area contributed by atoms with Crippen molar-refractivity contribution in [1.29, 1.82) is 0 Å². The Hall–Kier alpha value is -1.05. The lowest BCUT2D eigenvalue weighted by Crippen LogP contribution is -1.93. The largest absolute Gasteiger partial charge is 0.478 e. The van der Waals surface area contributed by atoms with Crippen molar-refractivity contribution in [3.8, 4) is 0 Å². The average molecular weight is 168 g/mol. The molecule has 2 nitrogen and oxygen atoms in total. The van der Waals surface area contributed by atoms with E-state index < -0.39 is 5.97 Å². The molecular weight excluding hydrogens is 152 g/mol. The van der Waals surface area contributed by atoms with E-state index in [0.717, 1.165) is 0 Å². The molecule has 2 heteroatoms. The summed E-state index contributed by atoms with van der Waals surface area (Å²) in [7, 11) is 0. The Kier molecular flexibility index (Phi) is 6.07. The molecule has 0 unspecified atom stereocenters. The van der Waals surface area contributed by atoms with Crippen LogP contribution in [0.15, 0.2) is 23.8 Å². The maximum Gasteiger partial charge on any atom is 0.330 e. The van der Waals surface area contributed by atoms with Gasteiger partial charge in [-0.15, -0.1) is 0 Å². The molecule has 0 saturated carbocycles. The van der Waals surface area contributed by atoms with Crippen LogP contribution in [-0.4, -0.2) is 11.1 Å². The van der Waals surface area contributed by atoms with Crippen LogP contribution in [0.5, 0.6) is 0 Å². The van der Waals surface area contributed by atoms with E-state index in [1.807, 2.05) is 0 Å². The van der Waals surface area contributed by atoms with Crippen LogP contribution in [0, 0.1) is 0 Å². The van der Waals surface area contributed by atoms with Gasteiger partial charge in [0.25, 0.3) is 0 Å². The minimum Gasteiger partial charge on any atom is -0.478 e. The van der Waals surface area contributed by atoms with Crippen molar-refractivity contribution in [2.45, 2.75) is 33.1 Å². The van der Waals surface area contributed by atoms with Crippen LogP contribution in [0.4, 0.5) is 0 Å². The maximum absolute atomic E-state index is 9.86. The van der Waals surface area contributed by atoms with Gasteiger partial charge in [-0.25, -0.2) is 4.79 Å². The fourth-order valence-electron chi connectivity index (χ4n) is 0.713. The van der Waals surface area contributed by atoms with Gasteiger partial charge < -0.3 is 5.11 Å². The fourth-order valence-corrected chi connectivity index (χ4v) is 0.713. The van der Waals surface area contributed by atoms with Crippen molar-refractivity contribution in [3.63, 3.8) is 0 Å². The molecule has 0 saturated heterocycles. The van der Waals surface area contributed by atoms with Gasteiger partial charge in [-0.05, 0) is 33.1 Å². The quantitative estimate of drug-likeness (QED) is 0.483. The van der Waals surface area contributed by atoms with E-state index in [-0.39, 0.29) is 0 Å². The van der Waals surface area contributed by atoms with Crippen molar-refractivity contribution < 1.29 is 9.90 Å². The van der Waals surface area contributed by atoms with Crippen molar-refractivity contribution in [1.82, 2.24) is 0 Å². The number of allylic oxidation sites excluding steroid dienone is 3. The molecule has 0 amide bonds. The monoisotopic (exact) mass is 168 g/mol. The molecule has 1 rings (SSSR count). The Morgan fingerprint density at radius 3 is 2.00 bits per heavy atom. The Balaban J connectivity index is 0.000000211. The summed E-state index contributed by atoms with van der Waals surface area (Å²) in [4.78, 5) is 9.86. The molecule has 0 radical (unpaired) electrons. The number of carbonyl (C=O) groups is 1. The normalized spacial score (nSPS) is 15.3. The molecule has 1 aliphatic rings. The van der Waals surface area contributed by atoms with Crippen molar-refractivity contribution in [3.05, 3.63) is 23.8 Å². The summed E-state index contributed by atoms with van der Waals surface area (Å²) < 4.78 is 0. The standard InChI is InChI=1S/C5H8O2.C5H8/c1-3-4(2)5(6)7;1-2-4-5-3-1/h3H,1-2H3,(H,6,7);1-2H,3-5H2. The first kappa shape index (κ1) is 11.0. The van der Waals surface area contributed by atoms with E-state index in [1.54, 1.807) is 19.9 Å². The lowest BCUT2D eigenvalue weighted by atomic mass is 10.3. The van der Waals surface area contributed by atoms with Crippen LogP contribution in [0.25, 0.3) is 0 Å². The molecular formula is C10H16O2. The van der Waals surface area contributed by atoms with Gasteiger partial charge in [0.15, 0.2) is 0 Å². The average Bonchev–Trinajstić information content (AvgIpc) is 2.59.